The van der Waals surface area contributed by atoms with E-state index in [1.54, 1.807) is 18.4 Å². The second-order valence-electron chi connectivity index (χ2n) is 3.18. The highest BCUT2D eigenvalue weighted by Gasteiger charge is 2.32. The molecule has 0 atom stereocenters. The maximum atomic E-state index is 11.9. The zero-order valence-corrected chi connectivity index (χ0v) is 9.26. The Bertz CT molecular complexity index is 604. The molecule has 0 saturated heterocycles. The van der Waals surface area contributed by atoms with Gasteiger partial charge in [0.05, 0.1) is 12.6 Å². The molecule has 4 heteroatoms. The van der Waals surface area contributed by atoms with Crippen molar-refractivity contribution in [1.29, 1.82) is 5.26 Å². The van der Waals surface area contributed by atoms with E-state index in [4.69, 9.17) is 11.8 Å². The van der Waals surface area contributed by atoms with Crippen molar-refractivity contribution in [1.82, 2.24) is 0 Å². The third kappa shape index (κ3) is 1.21. The fourth-order valence-electron chi connectivity index (χ4n) is 1.74. The van der Waals surface area contributed by atoms with Crippen LogP contribution in [0.3, 0.4) is 0 Å². The first kappa shape index (κ1) is 10.4. The van der Waals surface area contributed by atoms with Crippen LogP contribution >= 0.6 is 11.3 Å². The average Bonchev–Trinajstić information content (AvgIpc) is 2.85. The maximum Gasteiger partial charge on any atom is 0.270 e. The molecule has 0 unspecified atom stereocenters. The molecule has 1 heterocycles. The van der Waals surface area contributed by atoms with E-state index in [2.05, 4.69) is 4.85 Å². The number of carbonyl (C=O) groups is 1. The van der Waals surface area contributed by atoms with Gasteiger partial charge in [-0.15, -0.1) is 0 Å². The topological polar surface area (TPSA) is 45.2 Å². The van der Waals surface area contributed by atoms with Crippen LogP contribution < -0.4 is 0 Å². The molecule has 0 aliphatic heterocycles. The van der Waals surface area contributed by atoms with E-state index in [9.17, 15) is 4.79 Å². The maximum absolute atomic E-state index is 11.9. The van der Waals surface area contributed by atoms with E-state index < -0.39 is 0 Å². The zero-order chi connectivity index (χ0) is 11.7. The molecule has 0 fully saturated rings. The molecule has 0 radical (unpaired) electrons. The molecule has 1 aromatic rings. The lowest BCUT2D eigenvalue weighted by Gasteiger charge is -1.99. The van der Waals surface area contributed by atoms with Gasteiger partial charge in [0, 0.05) is 22.1 Å². The minimum absolute atomic E-state index is 0.0152. The number of ketones is 1. The Morgan fingerprint density at radius 1 is 1.56 bits per heavy atom. The van der Waals surface area contributed by atoms with E-state index in [-0.39, 0.29) is 11.5 Å². The Morgan fingerprint density at radius 3 is 2.81 bits per heavy atom. The van der Waals surface area contributed by atoms with Crippen LogP contribution in [0.15, 0.2) is 28.1 Å². The molecule has 0 aromatic carbocycles. The van der Waals surface area contributed by atoms with Gasteiger partial charge in [-0.25, -0.2) is 10.1 Å². The van der Waals surface area contributed by atoms with Crippen LogP contribution in [0.5, 0.6) is 0 Å². The normalized spacial score (nSPS) is 19.2. The summed E-state index contributed by atoms with van der Waals surface area (Å²) in [5, 5.41) is 12.5. The van der Waals surface area contributed by atoms with Crippen molar-refractivity contribution < 1.29 is 4.79 Å². The lowest BCUT2D eigenvalue weighted by atomic mass is 10.0. The summed E-state index contributed by atoms with van der Waals surface area (Å²) in [5.74, 6) is -0.0925. The SMILES string of the molecule is [C-]#[N+]C(C#N)=C1/C(=C/C)C(=O)c2cscc21. The van der Waals surface area contributed by atoms with Gasteiger partial charge in [0.25, 0.3) is 5.70 Å². The molecule has 76 valence electrons. The summed E-state index contributed by atoms with van der Waals surface area (Å²) in [6.07, 6.45) is 1.66. The number of allylic oxidation sites excluding steroid dienone is 4. The Morgan fingerprint density at radius 2 is 2.25 bits per heavy atom. The average molecular weight is 226 g/mol. The van der Waals surface area contributed by atoms with Gasteiger partial charge in [-0.3, -0.25) is 4.79 Å². The standard InChI is InChI=1S/C12H6N2OS/c1-3-7-11(10(4-13)14-2)8-5-16-6-9(8)12(7)15/h3,5-6H,1H3/b7-3-,11-10?. The Kier molecular flexibility index (Phi) is 2.44. The molecule has 16 heavy (non-hydrogen) atoms. The lowest BCUT2D eigenvalue weighted by molar-refractivity contribution is 0.104. The van der Waals surface area contributed by atoms with Gasteiger partial charge >= 0.3 is 0 Å². The van der Waals surface area contributed by atoms with E-state index in [0.29, 0.717) is 16.7 Å². The third-order valence-electron chi connectivity index (χ3n) is 2.43. The fourth-order valence-corrected chi connectivity index (χ4v) is 2.56. The number of hydrogen-bond donors (Lipinski definition) is 0. The van der Waals surface area contributed by atoms with Gasteiger partial charge in [-0.2, -0.15) is 11.3 Å². The molecular formula is C12H6N2OS. The monoisotopic (exact) mass is 226 g/mol. The number of nitriles is 1. The van der Waals surface area contributed by atoms with Crippen LogP contribution in [0.4, 0.5) is 0 Å². The van der Waals surface area contributed by atoms with Crippen molar-refractivity contribution in [2.24, 2.45) is 0 Å². The number of fused-ring (bicyclic) bond motifs is 1. The molecule has 1 aliphatic rings. The Balaban J connectivity index is 2.83. The number of nitrogens with zero attached hydrogens (tertiary/aromatic N) is 2. The lowest BCUT2D eigenvalue weighted by Crippen LogP contribution is -1.94. The number of Topliss-reactive ketones (excluding diaryl/α,β-unsaturated/α-hetero) is 1. The molecule has 0 N–H and O–H groups in total. The summed E-state index contributed by atoms with van der Waals surface area (Å²) in [5.41, 5.74) is 2.25. The number of thiophene rings is 1. The van der Waals surface area contributed by atoms with Crippen molar-refractivity contribution in [3.05, 3.63) is 50.7 Å². The molecule has 1 aliphatic carbocycles. The first-order chi connectivity index (χ1) is 7.74. The minimum atomic E-state index is -0.0925. The predicted molar refractivity (Wildman–Crippen MR) is 61.5 cm³/mol. The molecule has 0 bridgehead atoms. The van der Waals surface area contributed by atoms with Crippen molar-refractivity contribution in [3.8, 4) is 6.07 Å². The van der Waals surface area contributed by atoms with Gasteiger partial charge in [0.15, 0.2) is 5.78 Å². The molecule has 3 nitrogen and oxygen atoms in total. The van der Waals surface area contributed by atoms with E-state index in [0.717, 1.165) is 5.56 Å². The van der Waals surface area contributed by atoms with Crippen molar-refractivity contribution in [2.75, 3.05) is 0 Å². The first-order valence-corrected chi connectivity index (χ1v) is 5.48. The second kappa shape index (κ2) is 3.77. The smallest absolute Gasteiger partial charge is 0.270 e. The van der Waals surface area contributed by atoms with Crippen LogP contribution in [-0.4, -0.2) is 5.78 Å². The van der Waals surface area contributed by atoms with Crippen LogP contribution in [-0.2, 0) is 0 Å². The quantitative estimate of drug-likeness (QED) is 0.387. The van der Waals surface area contributed by atoms with Gasteiger partial charge in [-0.05, 0) is 17.9 Å². The van der Waals surface area contributed by atoms with Crippen LogP contribution in [0.25, 0.3) is 10.4 Å². The van der Waals surface area contributed by atoms with Gasteiger partial charge in [0.1, 0.15) is 0 Å². The summed E-state index contributed by atoms with van der Waals surface area (Å²) < 4.78 is 0. The van der Waals surface area contributed by atoms with E-state index >= 15 is 0 Å². The third-order valence-corrected chi connectivity index (χ3v) is 3.18. The first-order valence-electron chi connectivity index (χ1n) is 4.54. The van der Waals surface area contributed by atoms with Crippen molar-refractivity contribution >= 4 is 22.7 Å². The Hall–Kier alpha value is -2.17. The second-order valence-corrected chi connectivity index (χ2v) is 3.92. The van der Waals surface area contributed by atoms with E-state index in [1.165, 1.54) is 11.3 Å². The Labute approximate surface area is 96.8 Å². The molecule has 1 aromatic heterocycles. The summed E-state index contributed by atoms with van der Waals surface area (Å²) in [4.78, 5) is 15.1. The van der Waals surface area contributed by atoms with Crippen molar-refractivity contribution in [2.45, 2.75) is 6.92 Å². The van der Waals surface area contributed by atoms with Crippen molar-refractivity contribution in [3.63, 3.8) is 0 Å². The van der Waals surface area contributed by atoms with Crippen LogP contribution in [0.1, 0.15) is 22.8 Å². The highest BCUT2D eigenvalue weighted by atomic mass is 32.1. The number of hydrogen-bond acceptors (Lipinski definition) is 3. The summed E-state index contributed by atoms with van der Waals surface area (Å²) >= 11 is 1.41. The molecule has 0 spiro atoms. The molecule has 0 amide bonds. The number of carbonyl (C=O) groups excluding carboxylic acids is 1. The highest BCUT2D eigenvalue weighted by molar-refractivity contribution is 7.08. The van der Waals surface area contributed by atoms with Gasteiger partial charge in [0.2, 0.25) is 0 Å². The predicted octanol–water partition coefficient (Wildman–Crippen LogP) is 3.04. The highest BCUT2D eigenvalue weighted by Crippen LogP contribution is 2.40. The number of rotatable bonds is 0. The summed E-state index contributed by atoms with van der Waals surface area (Å²) in [6.45, 7) is 8.70. The summed E-state index contributed by atoms with van der Waals surface area (Å²) in [6, 6.07) is 1.85. The minimum Gasteiger partial charge on any atom is -0.289 e. The largest absolute Gasteiger partial charge is 0.289 e. The molecular weight excluding hydrogens is 220 g/mol. The fraction of sp³-hybridized carbons (Fsp3) is 0.0833. The van der Waals surface area contributed by atoms with Crippen LogP contribution in [0, 0.1) is 17.9 Å². The molecule has 0 saturated carbocycles. The van der Waals surface area contributed by atoms with Crippen LogP contribution in [0.2, 0.25) is 0 Å². The zero-order valence-electron chi connectivity index (χ0n) is 8.44. The molecule has 2 rings (SSSR count). The summed E-state index contributed by atoms with van der Waals surface area (Å²) in [7, 11) is 0. The van der Waals surface area contributed by atoms with Gasteiger partial charge in [-0.1, -0.05) is 6.08 Å². The van der Waals surface area contributed by atoms with E-state index in [1.807, 2.05) is 11.4 Å². The van der Waals surface area contributed by atoms with Gasteiger partial charge < -0.3 is 0 Å².